The molecule has 1 rings (SSSR count). The number of aromatic nitrogens is 3. The summed E-state index contributed by atoms with van der Waals surface area (Å²) in [6, 6.07) is 0. The van der Waals surface area contributed by atoms with Crippen molar-refractivity contribution >= 4 is 17.8 Å². The molecule has 0 fully saturated rings. The molecule has 0 aliphatic heterocycles. The molecule has 50 valence electrons. The highest BCUT2D eigenvalue weighted by molar-refractivity contribution is 6.28. The number of halogens is 1. The summed E-state index contributed by atoms with van der Waals surface area (Å²) >= 11 is 5.38. The summed E-state index contributed by atoms with van der Waals surface area (Å²) < 4.78 is 0. The number of nitrogens with zero attached hydrogens (tertiary/aromatic N) is 5. The minimum Gasteiger partial charge on any atom is -0.361 e. The lowest BCUT2D eigenvalue weighted by molar-refractivity contribution is 0.00392. The van der Waals surface area contributed by atoms with Gasteiger partial charge in [-0.1, -0.05) is 0 Å². The number of hydrogen-bond donors (Lipinski definition) is 0. The van der Waals surface area contributed by atoms with Crippen molar-refractivity contribution in [1.82, 2.24) is 15.0 Å². The van der Waals surface area contributed by atoms with Crippen LogP contribution >= 0.6 is 11.6 Å². The summed E-state index contributed by atoms with van der Waals surface area (Å²) in [7, 11) is 0. The molecule has 0 saturated heterocycles. The Balaban J connectivity index is 3.06. The van der Waals surface area contributed by atoms with Gasteiger partial charge in [0.2, 0.25) is 11.1 Å². The molecule has 0 unspecified atom stereocenters. The minimum atomic E-state index is 0.0740. The average Bonchev–Trinajstić information content (AvgIpc) is 1.88. The van der Waals surface area contributed by atoms with E-state index in [1.54, 1.807) is 0 Å². The van der Waals surface area contributed by atoms with Crippen molar-refractivity contribution in [2.75, 3.05) is 0 Å². The van der Waals surface area contributed by atoms with Crippen LogP contribution in [-0.4, -0.2) is 26.0 Å². The van der Waals surface area contributed by atoms with E-state index < -0.39 is 0 Å². The van der Waals surface area contributed by atoms with Crippen LogP contribution < -0.4 is 0 Å². The van der Waals surface area contributed by atoms with Crippen molar-refractivity contribution in [3.8, 4) is 0 Å². The Morgan fingerprint density at radius 3 is 3.00 bits per heavy atom. The summed E-state index contributed by atoms with van der Waals surface area (Å²) in [6.45, 7) is 0. The zero-order valence-corrected chi connectivity index (χ0v) is 5.52. The summed E-state index contributed by atoms with van der Waals surface area (Å²) in [5.74, 6) is 0.225. The van der Waals surface area contributed by atoms with Crippen molar-refractivity contribution < 1.29 is 4.79 Å². The molecule has 0 radical (unpaired) electrons. The van der Waals surface area contributed by atoms with Crippen LogP contribution in [0.5, 0.6) is 0 Å². The molecule has 10 heavy (non-hydrogen) atoms. The SMILES string of the molecule is [N-]=[N+]=Cc1ncnc(Cl)n1. The van der Waals surface area contributed by atoms with Gasteiger partial charge in [0, 0.05) is 0 Å². The third-order valence-corrected chi connectivity index (χ3v) is 0.916. The fraction of sp³-hybridized carbons (Fsp3) is 0. The van der Waals surface area contributed by atoms with Crippen LogP contribution in [0.4, 0.5) is 0 Å². The van der Waals surface area contributed by atoms with E-state index in [0.29, 0.717) is 0 Å². The maximum Gasteiger partial charge on any atom is 0.324 e. The second-order valence-electron chi connectivity index (χ2n) is 1.36. The van der Waals surface area contributed by atoms with E-state index >= 15 is 0 Å². The van der Waals surface area contributed by atoms with E-state index in [-0.39, 0.29) is 11.1 Å². The Kier molecular flexibility index (Phi) is 2.04. The molecule has 0 amide bonds. The van der Waals surface area contributed by atoms with Gasteiger partial charge in [0.15, 0.2) is 0 Å². The van der Waals surface area contributed by atoms with Gasteiger partial charge in [-0.15, -0.1) is 0 Å². The summed E-state index contributed by atoms with van der Waals surface area (Å²) in [5.41, 5.74) is 8.04. The van der Waals surface area contributed by atoms with Crippen molar-refractivity contribution in [1.29, 1.82) is 0 Å². The minimum absolute atomic E-state index is 0.0740. The van der Waals surface area contributed by atoms with E-state index in [1.807, 2.05) is 0 Å². The standard InChI is InChI=1S/C4H2ClN5/c5-4-8-2-7-3(10-4)1-9-6/h1-2H. The maximum absolute atomic E-state index is 8.04. The third-order valence-electron chi connectivity index (χ3n) is 0.734. The lowest BCUT2D eigenvalue weighted by Crippen LogP contribution is -1.94. The molecule has 1 heterocycles. The van der Waals surface area contributed by atoms with E-state index in [4.69, 9.17) is 17.1 Å². The van der Waals surface area contributed by atoms with Gasteiger partial charge in [-0.2, -0.15) is 9.77 Å². The fourth-order valence-electron chi connectivity index (χ4n) is 0.402. The Bertz CT molecular complexity index is 279. The molecular weight excluding hydrogens is 154 g/mol. The first kappa shape index (κ1) is 6.80. The number of hydrogen-bond acceptors (Lipinski definition) is 3. The molecule has 0 bridgehead atoms. The monoisotopic (exact) mass is 155 g/mol. The van der Waals surface area contributed by atoms with E-state index in [2.05, 4.69) is 19.7 Å². The van der Waals surface area contributed by atoms with E-state index in [9.17, 15) is 0 Å². The van der Waals surface area contributed by atoms with Crippen molar-refractivity contribution in [2.24, 2.45) is 0 Å². The Hall–Kier alpha value is -1.32. The second kappa shape index (κ2) is 3.00. The van der Waals surface area contributed by atoms with Gasteiger partial charge in [0.05, 0.1) is 0 Å². The van der Waals surface area contributed by atoms with Crippen molar-refractivity contribution in [3.63, 3.8) is 0 Å². The predicted octanol–water partition coefficient (Wildman–Crippen LogP) is 0.174. The predicted molar refractivity (Wildman–Crippen MR) is 33.6 cm³/mol. The third kappa shape index (κ3) is 1.58. The molecular formula is C4H2ClN5. The first-order valence-corrected chi connectivity index (χ1v) is 2.72. The van der Waals surface area contributed by atoms with Gasteiger partial charge >= 0.3 is 6.21 Å². The van der Waals surface area contributed by atoms with Crippen LogP contribution in [0.2, 0.25) is 5.28 Å². The molecule has 1 aromatic rings. The van der Waals surface area contributed by atoms with Crippen LogP contribution in [0.15, 0.2) is 6.33 Å². The van der Waals surface area contributed by atoms with Gasteiger partial charge in [0.1, 0.15) is 6.33 Å². The fourth-order valence-corrected chi connectivity index (χ4v) is 0.532. The summed E-state index contributed by atoms with van der Waals surface area (Å²) in [5, 5.41) is 0.0740. The molecule has 6 heteroatoms. The summed E-state index contributed by atoms with van der Waals surface area (Å²) in [6.07, 6.45) is 2.29. The molecule has 0 spiro atoms. The molecule has 0 atom stereocenters. The molecule has 5 nitrogen and oxygen atoms in total. The first-order valence-electron chi connectivity index (χ1n) is 2.35. The average molecular weight is 156 g/mol. The zero-order valence-electron chi connectivity index (χ0n) is 4.77. The number of rotatable bonds is 1. The zero-order chi connectivity index (χ0) is 7.40. The highest BCUT2D eigenvalue weighted by Crippen LogP contribution is 1.94. The molecule has 0 aromatic carbocycles. The molecule has 0 N–H and O–H groups in total. The molecule has 1 aromatic heterocycles. The van der Waals surface area contributed by atoms with Gasteiger partial charge in [-0.05, 0) is 11.6 Å². The quantitative estimate of drug-likeness (QED) is 0.330. The maximum atomic E-state index is 8.04. The van der Waals surface area contributed by atoms with Crippen LogP contribution in [0, 0.1) is 0 Å². The van der Waals surface area contributed by atoms with Gasteiger partial charge < -0.3 is 5.53 Å². The smallest absolute Gasteiger partial charge is 0.324 e. The normalized spacial score (nSPS) is 8.50. The first-order chi connectivity index (χ1) is 4.83. The Labute approximate surface area is 61.3 Å². The van der Waals surface area contributed by atoms with Crippen LogP contribution in [0.3, 0.4) is 0 Å². The van der Waals surface area contributed by atoms with Crippen LogP contribution in [0.1, 0.15) is 5.82 Å². The summed E-state index contributed by atoms with van der Waals surface area (Å²) in [4.78, 5) is 13.4. The molecule has 0 aliphatic carbocycles. The second-order valence-corrected chi connectivity index (χ2v) is 1.70. The molecule has 0 aliphatic rings. The largest absolute Gasteiger partial charge is 0.361 e. The van der Waals surface area contributed by atoms with Gasteiger partial charge in [0.25, 0.3) is 0 Å². The topological polar surface area (TPSA) is 75.1 Å². The highest BCUT2D eigenvalue weighted by atomic mass is 35.5. The van der Waals surface area contributed by atoms with Crippen molar-refractivity contribution in [2.45, 2.75) is 0 Å². The van der Waals surface area contributed by atoms with Gasteiger partial charge in [-0.25, -0.2) is 9.97 Å². The van der Waals surface area contributed by atoms with Gasteiger partial charge in [-0.3, -0.25) is 0 Å². The highest BCUT2D eigenvalue weighted by Gasteiger charge is 1.96. The molecule has 0 saturated carbocycles. The van der Waals surface area contributed by atoms with E-state index in [0.717, 1.165) is 6.21 Å². The Morgan fingerprint density at radius 1 is 1.60 bits per heavy atom. The Morgan fingerprint density at radius 2 is 2.40 bits per heavy atom. The van der Waals surface area contributed by atoms with Crippen LogP contribution in [-0.2, 0) is 0 Å². The lowest BCUT2D eigenvalue weighted by atomic mass is 10.7. The van der Waals surface area contributed by atoms with E-state index in [1.165, 1.54) is 6.33 Å². The lowest BCUT2D eigenvalue weighted by Gasteiger charge is -1.84. The van der Waals surface area contributed by atoms with Crippen molar-refractivity contribution in [3.05, 3.63) is 23.0 Å². The van der Waals surface area contributed by atoms with Crippen LogP contribution in [0.25, 0.3) is 5.53 Å².